The number of ether oxygens (including phenoxy) is 2. The third-order valence-corrected chi connectivity index (χ3v) is 5.70. The molecule has 0 radical (unpaired) electrons. The minimum Gasteiger partial charge on any atom is -0.492 e. The van der Waals surface area contributed by atoms with E-state index in [-0.39, 0.29) is 6.03 Å². The van der Waals surface area contributed by atoms with E-state index in [2.05, 4.69) is 29.3 Å². The Balaban J connectivity index is 1.49. The van der Waals surface area contributed by atoms with Gasteiger partial charge in [-0.3, -0.25) is 4.98 Å². The quantitative estimate of drug-likeness (QED) is 0.691. The fourth-order valence-corrected chi connectivity index (χ4v) is 3.75. The molecule has 1 aliphatic carbocycles. The summed E-state index contributed by atoms with van der Waals surface area (Å²) >= 11 is 0. The van der Waals surface area contributed by atoms with Crippen LogP contribution in [0.4, 0.5) is 4.79 Å². The molecule has 1 N–H and O–H groups in total. The van der Waals surface area contributed by atoms with Gasteiger partial charge in [0.2, 0.25) is 0 Å². The summed E-state index contributed by atoms with van der Waals surface area (Å²) in [7, 11) is 4.10. The molecule has 2 amide bonds. The number of hydrogen-bond donors (Lipinski definition) is 1. The van der Waals surface area contributed by atoms with Gasteiger partial charge in [-0.2, -0.15) is 0 Å². The lowest BCUT2D eigenvalue weighted by atomic mass is 9.76. The predicted molar refractivity (Wildman–Crippen MR) is 108 cm³/mol. The fourth-order valence-electron chi connectivity index (χ4n) is 3.75. The maximum atomic E-state index is 12.7. The minimum atomic E-state index is -0.0230. The number of rotatable bonds is 8. The summed E-state index contributed by atoms with van der Waals surface area (Å²) in [6.07, 6.45) is 8.27. The first-order valence-corrected chi connectivity index (χ1v) is 10.4. The summed E-state index contributed by atoms with van der Waals surface area (Å²) in [4.78, 5) is 20.9. The Morgan fingerprint density at radius 2 is 2.25 bits per heavy atom. The molecule has 1 aromatic heterocycles. The maximum absolute atomic E-state index is 12.7. The molecule has 0 aromatic carbocycles. The van der Waals surface area contributed by atoms with Crippen molar-refractivity contribution in [3.63, 3.8) is 0 Å². The van der Waals surface area contributed by atoms with Gasteiger partial charge in [-0.25, -0.2) is 4.79 Å². The third-order valence-electron chi connectivity index (χ3n) is 5.70. The molecule has 0 bridgehead atoms. The first kappa shape index (κ1) is 20.9. The summed E-state index contributed by atoms with van der Waals surface area (Å²) in [6.45, 7) is 4.90. The minimum absolute atomic E-state index is 0.0230. The second-order valence-electron chi connectivity index (χ2n) is 8.12. The van der Waals surface area contributed by atoms with Crippen LogP contribution in [0.15, 0.2) is 18.5 Å². The summed E-state index contributed by atoms with van der Waals surface area (Å²) in [5.41, 5.74) is 0.954. The van der Waals surface area contributed by atoms with Crippen molar-refractivity contribution in [2.45, 2.75) is 32.2 Å². The predicted octanol–water partition coefficient (Wildman–Crippen LogP) is 2.37. The Hall–Kier alpha value is -1.86. The molecule has 1 unspecified atom stereocenters. The van der Waals surface area contributed by atoms with Crippen molar-refractivity contribution >= 4 is 6.03 Å². The second-order valence-corrected chi connectivity index (χ2v) is 8.12. The Bertz CT molecular complexity index is 621. The van der Waals surface area contributed by atoms with Crippen LogP contribution in [0, 0.1) is 11.8 Å². The lowest BCUT2D eigenvalue weighted by Gasteiger charge is -2.34. The smallest absolute Gasteiger partial charge is 0.317 e. The standard InChI is InChI=1S/C21H34N4O3/c1-24(2)9-4-11-28-20-14-22-8-7-18(20)13-23-21(26)25-10-12-27-16-19(15-25)17-5-3-6-17/h7-8,14,17,19H,3-6,9-13,15-16H2,1-2H3,(H,23,26). The summed E-state index contributed by atoms with van der Waals surface area (Å²) in [5.74, 6) is 1.93. The van der Waals surface area contributed by atoms with Gasteiger partial charge in [0.25, 0.3) is 0 Å². The van der Waals surface area contributed by atoms with Crippen LogP contribution in [0.3, 0.4) is 0 Å². The van der Waals surface area contributed by atoms with Crippen LogP contribution < -0.4 is 10.1 Å². The number of nitrogens with zero attached hydrogens (tertiary/aromatic N) is 3. The summed E-state index contributed by atoms with van der Waals surface area (Å²) in [5, 5.41) is 3.06. The molecule has 1 aromatic rings. The van der Waals surface area contributed by atoms with Crippen molar-refractivity contribution in [3.8, 4) is 5.75 Å². The maximum Gasteiger partial charge on any atom is 0.317 e. The molecule has 1 atom stereocenters. The Kier molecular flexibility index (Phi) is 7.91. The van der Waals surface area contributed by atoms with Gasteiger partial charge in [0.1, 0.15) is 5.75 Å². The van der Waals surface area contributed by atoms with Crippen molar-refractivity contribution < 1.29 is 14.3 Å². The highest BCUT2D eigenvalue weighted by Crippen LogP contribution is 2.34. The molecule has 1 saturated carbocycles. The van der Waals surface area contributed by atoms with Crippen LogP contribution in [0.25, 0.3) is 0 Å². The van der Waals surface area contributed by atoms with E-state index in [4.69, 9.17) is 9.47 Å². The first-order valence-electron chi connectivity index (χ1n) is 10.4. The fraction of sp³-hybridized carbons (Fsp3) is 0.714. The van der Waals surface area contributed by atoms with Gasteiger partial charge < -0.3 is 24.6 Å². The van der Waals surface area contributed by atoms with Crippen molar-refractivity contribution in [1.29, 1.82) is 0 Å². The van der Waals surface area contributed by atoms with Gasteiger partial charge in [-0.1, -0.05) is 19.3 Å². The number of pyridine rings is 1. The van der Waals surface area contributed by atoms with Crippen molar-refractivity contribution in [2.24, 2.45) is 11.8 Å². The molecule has 0 spiro atoms. The monoisotopic (exact) mass is 390 g/mol. The van der Waals surface area contributed by atoms with Gasteiger partial charge in [0.05, 0.1) is 26.0 Å². The number of carbonyl (C=O) groups is 1. The van der Waals surface area contributed by atoms with E-state index < -0.39 is 0 Å². The van der Waals surface area contributed by atoms with Gasteiger partial charge in [0.15, 0.2) is 0 Å². The third kappa shape index (κ3) is 6.07. The zero-order valence-corrected chi connectivity index (χ0v) is 17.2. The topological polar surface area (TPSA) is 66.9 Å². The van der Waals surface area contributed by atoms with Gasteiger partial charge in [-0.05, 0) is 32.5 Å². The summed E-state index contributed by atoms with van der Waals surface area (Å²) in [6, 6.07) is 1.88. The Morgan fingerprint density at radius 3 is 3.00 bits per heavy atom. The van der Waals surface area contributed by atoms with Crippen LogP contribution in [0.2, 0.25) is 0 Å². The van der Waals surface area contributed by atoms with E-state index in [1.807, 2.05) is 11.0 Å². The van der Waals surface area contributed by atoms with Crippen LogP contribution in [0.5, 0.6) is 5.75 Å². The molecule has 156 valence electrons. The lowest BCUT2D eigenvalue weighted by Crippen LogP contribution is -2.44. The van der Waals surface area contributed by atoms with Gasteiger partial charge in [-0.15, -0.1) is 0 Å². The van der Waals surface area contributed by atoms with Gasteiger partial charge in [0, 0.05) is 43.9 Å². The molecule has 1 saturated heterocycles. The van der Waals surface area contributed by atoms with Crippen molar-refractivity contribution in [2.75, 3.05) is 53.6 Å². The average Bonchev–Trinajstić information content (AvgIpc) is 2.88. The second kappa shape index (κ2) is 10.6. The highest BCUT2D eigenvalue weighted by atomic mass is 16.5. The van der Waals surface area contributed by atoms with E-state index in [1.165, 1.54) is 19.3 Å². The van der Waals surface area contributed by atoms with E-state index >= 15 is 0 Å². The number of nitrogens with one attached hydrogen (secondary N) is 1. The van der Waals surface area contributed by atoms with Crippen molar-refractivity contribution in [1.82, 2.24) is 20.1 Å². The van der Waals surface area contributed by atoms with E-state index in [9.17, 15) is 4.79 Å². The molecular weight excluding hydrogens is 356 g/mol. The lowest BCUT2D eigenvalue weighted by molar-refractivity contribution is 0.0775. The average molecular weight is 391 g/mol. The van der Waals surface area contributed by atoms with Crippen LogP contribution in [0.1, 0.15) is 31.2 Å². The normalized spacial score (nSPS) is 20.5. The first-order chi connectivity index (χ1) is 13.6. The zero-order chi connectivity index (χ0) is 19.8. The summed E-state index contributed by atoms with van der Waals surface area (Å²) < 4.78 is 11.6. The number of urea groups is 1. The molecule has 2 heterocycles. The molecule has 7 nitrogen and oxygen atoms in total. The van der Waals surface area contributed by atoms with Crippen molar-refractivity contribution in [3.05, 3.63) is 24.0 Å². The molecular formula is C21H34N4O3. The number of carbonyl (C=O) groups excluding carboxylic acids is 1. The highest BCUT2D eigenvalue weighted by Gasteiger charge is 2.31. The molecule has 7 heteroatoms. The number of hydrogen-bond acceptors (Lipinski definition) is 5. The Morgan fingerprint density at radius 1 is 1.39 bits per heavy atom. The van der Waals surface area contributed by atoms with Crippen LogP contribution in [-0.2, 0) is 11.3 Å². The number of amides is 2. The molecule has 2 fully saturated rings. The van der Waals surface area contributed by atoms with E-state index in [0.29, 0.717) is 32.2 Å². The molecule has 28 heavy (non-hydrogen) atoms. The molecule has 2 aliphatic rings. The zero-order valence-electron chi connectivity index (χ0n) is 17.2. The van der Waals surface area contributed by atoms with E-state index in [1.54, 1.807) is 12.4 Å². The SMILES string of the molecule is CN(C)CCCOc1cnccc1CNC(=O)N1CCOCC(C2CCC2)C1. The highest BCUT2D eigenvalue weighted by molar-refractivity contribution is 5.74. The molecule has 3 rings (SSSR count). The molecule has 1 aliphatic heterocycles. The van der Waals surface area contributed by atoms with Crippen LogP contribution >= 0.6 is 0 Å². The Labute approximate surface area is 168 Å². The van der Waals surface area contributed by atoms with Crippen LogP contribution in [-0.4, -0.2) is 74.4 Å². The largest absolute Gasteiger partial charge is 0.492 e. The van der Waals surface area contributed by atoms with E-state index in [0.717, 1.165) is 43.3 Å². The van der Waals surface area contributed by atoms with Gasteiger partial charge >= 0.3 is 6.03 Å². The number of aromatic nitrogens is 1.